The predicted molar refractivity (Wildman–Crippen MR) is 169 cm³/mol. The van der Waals surface area contributed by atoms with Gasteiger partial charge in [-0.05, 0) is 37.2 Å². The van der Waals surface area contributed by atoms with E-state index in [-0.39, 0.29) is 11.8 Å². The minimum atomic E-state index is -0.661. The highest BCUT2D eigenvalue weighted by molar-refractivity contribution is 6.06. The summed E-state index contributed by atoms with van der Waals surface area (Å²) in [6.45, 7) is 12.0. The zero-order chi connectivity index (χ0) is 30.2. The normalized spacial score (nSPS) is 12.4. The summed E-state index contributed by atoms with van der Waals surface area (Å²) in [6, 6.07) is 7.09. The van der Waals surface area contributed by atoms with Crippen molar-refractivity contribution in [1.29, 1.82) is 0 Å². The lowest BCUT2D eigenvalue weighted by Gasteiger charge is -2.30. The highest BCUT2D eigenvalue weighted by atomic mass is 16.2. The van der Waals surface area contributed by atoms with Gasteiger partial charge in [0, 0.05) is 31.2 Å². The summed E-state index contributed by atoms with van der Waals surface area (Å²) in [7, 11) is 0. The summed E-state index contributed by atoms with van der Waals surface area (Å²) in [4.78, 5) is 26.6. The van der Waals surface area contributed by atoms with Gasteiger partial charge in [0.25, 0.3) is 5.91 Å². The van der Waals surface area contributed by atoms with Gasteiger partial charge in [-0.25, -0.2) is 0 Å². The third kappa shape index (κ3) is 10.7. The van der Waals surface area contributed by atoms with Crippen LogP contribution in [0.2, 0.25) is 0 Å². The van der Waals surface area contributed by atoms with Crippen molar-refractivity contribution in [3.8, 4) is 0 Å². The number of fused-ring (bicyclic) bond motifs is 1. The molecule has 0 aliphatic rings. The quantitative estimate of drug-likeness (QED) is 0.118. The van der Waals surface area contributed by atoms with E-state index in [1.54, 1.807) is 6.20 Å². The number of aromatic nitrogens is 5. The Balaban J connectivity index is 1.35. The molecule has 0 fully saturated rings. The Morgan fingerprint density at radius 1 is 0.929 bits per heavy atom. The molecule has 0 aliphatic heterocycles. The van der Waals surface area contributed by atoms with Crippen molar-refractivity contribution >= 4 is 22.7 Å². The molecule has 2 N–H and O–H groups in total. The van der Waals surface area contributed by atoms with Crippen molar-refractivity contribution in [2.45, 2.75) is 117 Å². The van der Waals surface area contributed by atoms with Crippen molar-refractivity contribution < 1.29 is 9.59 Å². The first-order chi connectivity index (χ1) is 20.3. The molecule has 0 bridgehead atoms. The topological polar surface area (TPSA) is 107 Å². The standard InChI is InChI=1S/C33H51N7O2/c1-5-6-18-25-40-28-21-16-15-20-27(28)29(37-40)31(41)36-30(33(2,3)4)32(42)34-22-17-13-11-9-7-8-10-12-14-19-24-39-26-23-35-38-39/h5,15-16,20-21,23,26,30H,1,6-14,17-19,22,24-25H2,2-4H3,(H,34,42)(H,36,41)/t30-/m1/s1. The van der Waals surface area contributed by atoms with Gasteiger partial charge in [0.05, 0.1) is 11.7 Å². The molecular formula is C33H51N7O2. The second-order valence-electron chi connectivity index (χ2n) is 12.3. The maximum absolute atomic E-state index is 13.4. The van der Waals surface area contributed by atoms with Gasteiger partial charge in [0.2, 0.25) is 5.91 Å². The third-order valence-electron chi connectivity index (χ3n) is 7.64. The second-order valence-corrected chi connectivity index (χ2v) is 12.3. The van der Waals surface area contributed by atoms with Gasteiger partial charge in [0.1, 0.15) is 6.04 Å². The van der Waals surface area contributed by atoms with Crippen molar-refractivity contribution in [1.82, 2.24) is 35.4 Å². The summed E-state index contributed by atoms with van der Waals surface area (Å²) in [6.07, 6.45) is 19.3. The zero-order valence-corrected chi connectivity index (χ0v) is 26.0. The van der Waals surface area contributed by atoms with Crippen molar-refractivity contribution in [3.63, 3.8) is 0 Å². The van der Waals surface area contributed by atoms with Crippen LogP contribution in [0.5, 0.6) is 0 Å². The molecule has 2 heterocycles. The summed E-state index contributed by atoms with van der Waals surface area (Å²) in [5, 5.41) is 19.3. The monoisotopic (exact) mass is 577 g/mol. The third-order valence-corrected chi connectivity index (χ3v) is 7.64. The van der Waals surface area contributed by atoms with Gasteiger partial charge in [-0.3, -0.25) is 19.0 Å². The SMILES string of the molecule is C=CCCCn1nc(C(=O)N[C@H](C(=O)NCCCCCCCCCCCCn2ccnn2)C(C)(C)C)c2ccccc21. The second kappa shape index (κ2) is 17.5. The van der Waals surface area contributed by atoms with Crippen LogP contribution in [0.1, 0.15) is 108 Å². The summed E-state index contributed by atoms with van der Waals surface area (Å²) < 4.78 is 3.77. The lowest BCUT2D eigenvalue weighted by molar-refractivity contribution is -0.125. The van der Waals surface area contributed by atoms with Gasteiger partial charge in [-0.15, -0.1) is 11.7 Å². The van der Waals surface area contributed by atoms with Crippen LogP contribution in [-0.4, -0.2) is 49.2 Å². The van der Waals surface area contributed by atoms with Gasteiger partial charge < -0.3 is 10.6 Å². The zero-order valence-electron chi connectivity index (χ0n) is 26.0. The first-order valence-corrected chi connectivity index (χ1v) is 15.8. The van der Waals surface area contributed by atoms with E-state index in [2.05, 4.69) is 32.6 Å². The van der Waals surface area contributed by atoms with Crippen molar-refractivity contribution in [3.05, 3.63) is 55.0 Å². The first kappa shape index (κ1) is 33.0. The average Bonchev–Trinajstić information content (AvgIpc) is 3.62. The highest BCUT2D eigenvalue weighted by Gasteiger charge is 2.33. The number of nitrogens with zero attached hydrogens (tertiary/aromatic N) is 5. The number of carbonyl (C=O) groups is 2. The van der Waals surface area contributed by atoms with E-state index in [9.17, 15) is 9.59 Å². The van der Waals surface area contributed by atoms with Gasteiger partial charge >= 0.3 is 0 Å². The predicted octanol–water partition coefficient (Wildman–Crippen LogP) is 6.46. The van der Waals surface area contributed by atoms with E-state index in [0.717, 1.165) is 49.6 Å². The molecule has 0 aliphatic carbocycles. The average molecular weight is 578 g/mol. The van der Waals surface area contributed by atoms with Crippen LogP contribution >= 0.6 is 0 Å². The minimum absolute atomic E-state index is 0.144. The molecule has 3 rings (SSSR count). The smallest absolute Gasteiger partial charge is 0.273 e. The van der Waals surface area contributed by atoms with E-state index in [4.69, 9.17) is 0 Å². The van der Waals surface area contributed by atoms with Crippen LogP contribution in [-0.2, 0) is 17.9 Å². The molecule has 1 aromatic carbocycles. The highest BCUT2D eigenvalue weighted by Crippen LogP contribution is 2.23. The Kier molecular flexibility index (Phi) is 13.7. The summed E-state index contributed by atoms with van der Waals surface area (Å²) in [5.41, 5.74) is 0.833. The largest absolute Gasteiger partial charge is 0.354 e. The first-order valence-electron chi connectivity index (χ1n) is 15.8. The molecule has 0 radical (unpaired) electrons. The van der Waals surface area contributed by atoms with Crippen LogP contribution in [0, 0.1) is 5.41 Å². The van der Waals surface area contributed by atoms with E-state index in [0.29, 0.717) is 18.8 Å². The minimum Gasteiger partial charge on any atom is -0.354 e. The number of hydrogen-bond donors (Lipinski definition) is 2. The van der Waals surface area contributed by atoms with Crippen molar-refractivity contribution in [2.24, 2.45) is 5.41 Å². The van der Waals surface area contributed by atoms with Crippen LogP contribution in [0.15, 0.2) is 49.3 Å². The van der Waals surface area contributed by atoms with Crippen LogP contribution in [0.4, 0.5) is 0 Å². The fraction of sp³-hybridized carbons (Fsp3) is 0.606. The number of rotatable bonds is 20. The number of para-hydroxylation sites is 1. The Labute approximate surface area is 251 Å². The van der Waals surface area contributed by atoms with Crippen LogP contribution in [0.3, 0.4) is 0 Å². The number of aryl methyl sites for hydroxylation is 2. The maximum Gasteiger partial charge on any atom is 0.273 e. The summed E-state index contributed by atoms with van der Waals surface area (Å²) >= 11 is 0. The van der Waals surface area contributed by atoms with E-state index in [1.807, 2.05) is 66.7 Å². The van der Waals surface area contributed by atoms with Crippen LogP contribution in [0.25, 0.3) is 10.9 Å². The molecule has 0 saturated carbocycles. The number of allylic oxidation sites excluding steroid dienone is 1. The molecule has 9 heteroatoms. The molecule has 0 spiro atoms. The van der Waals surface area contributed by atoms with Gasteiger partial charge in [0.15, 0.2) is 5.69 Å². The van der Waals surface area contributed by atoms with E-state index < -0.39 is 11.5 Å². The van der Waals surface area contributed by atoms with Crippen LogP contribution < -0.4 is 10.6 Å². The molecule has 3 aromatic rings. The lowest BCUT2D eigenvalue weighted by Crippen LogP contribution is -2.53. The fourth-order valence-electron chi connectivity index (χ4n) is 5.20. The number of unbranched alkanes of at least 4 members (excludes halogenated alkanes) is 10. The number of nitrogens with one attached hydrogen (secondary N) is 2. The molecule has 2 amide bonds. The lowest BCUT2D eigenvalue weighted by atomic mass is 9.86. The molecule has 2 aromatic heterocycles. The number of benzene rings is 1. The Bertz CT molecular complexity index is 1230. The molecular weight excluding hydrogens is 526 g/mol. The number of amides is 2. The molecule has 42 heavy (non-hydrogen) atoms. The fourth-order valence-corrected chi connectivity index (χ4v) is 5.20. The van der Waals surface area contributed by atoms with Gasteiger partial charge in [-0.1, -0.05) is 102 Å². The Morgan fingerprint density at radius 3 is 2.24 bits per heavy atom. The molecule has 1 atom stereocenters. The van der Waals surface area contributed by atoms with Gasteiger partial charge in [-0.2, -0.15) is 5.10 Å². The van der Waals surface area contributed by atoms with E-state index >= 15 is 0 Å². The molecule has 0 unspecified atom stereocenters. The maximum atomic E-state index is 13.4. The molecule has 9 nitrogen and oxygen atoms in total. The summed E-state index contributed by atoms with van der Waals surface area (Å²) in [5.74, 6) is -0.464. The molecule has 0 saturated heterocycles. The number of carbonyl (C=O) groups excluding carboxylic acids is 2. The Morgan fingerprint density at radius 2 is 1.60 bits per heavy atom. The van der Waals surface area contributed by atoms with E-state index in [1.165, 1.54) is 44.9 Å². The Hall–Kier alpha value is -3.49. The number of hydrogen-bond acceptors (Lipinski definition) is 5. The molecule has 230 valence electrons. The van der Waals surface area contributed by atoms with Crippen molar-refractivity contribution in [2.75, 3.05) is 6.54 Å².